The Balaban J connectivity index is 3.00. The fourth-order valence-electron chi connectivity index (χ4n) is 1.84. The van der Waals surface area contributed by atoms with Crippen molar-refractivity contribution in [2.24, 2.45) is 0 Å². The third kappa shape index (κ3) is 1.27. The number of aromatic hydroxyl groups is 2. The lowest BCUT2D eigenvalue weighted by molar-refractivity contribution is 0.0692. The Morgan fingerprint density at radius 2 is 1.62 bits per heavy atom. The molecule has 0 saturated carbocycles. The maximum absolute atomic E-state index is 11.0. The van der Waals surface area contributed by atoms with Gasteiger partial charge in [0.25, 0.3) is 0 Å². The third-order valence-electron chi connectivity index (χ3n) is 2.64. The molecule has 2 rings (SSSR count). The fraction of sp³-hybridized carbons (Fsp3) is 0.0833. The molecule has 0 amide bonds. The van der Waals surface area contributed by atoms with Gasteiger partial charge in [-0.25, -0.2) is 4.79 Å². The van der Waals surface area contributed by atoms with Gasteiger partial charge in [0.2, 0.25) is 0 Å². The van der Waals surface area contributed by atoms with E-state index in [-0.39, 0.29) is 5.56 Å². The summed E-state index contributed by atoms with van der Waals surface area (Å²) in [6.45, 7) is 1.60. The molecule has 0 bridgehead atoms. The number of benzene rings is 2. The largest absolute Gasteiger partial charge is 0.504 e. The van der Waals surface area contributed by atoms with Crippen LogP contribution in [0.1, 0.15) is 15.9 Å². The first-order chi connectivity index (χ1) is 7.54. The number of carboxylic acids is 1. The minimum Gasteiger partial charge on any atom is -0.504 e. The number of carbonyl (C=O) groups is 1. The molecule has 0 atom stereocenters. The first-order valence-electron chi connectivity index (χ1n) is 4.70. The number of carboxylic acid groups (broad SMARTS) is 1. The molecule has 0 radical (unpaired) electrons. The molecule has 82 valence electrons. The Morgan fingerprint density at radius 1 is 1.06 bits per heavy atom. The van der Waals surface area contributed by atoms with Gasteiger partial charge in [-0.15, -0.1) is 0 Å². The molecule has 2 aromatic rings. The molecule has 0 unspecified atom stereocenters. The van der Waals surface area contributed by atoms with E-state index in [1.54, 1.807) is 31.2 Å². The Hall–Kier alpha value is -2.23. The van der Waals surface area contributed by atoms with Crippen LogP contribution in [0.4, 0.5) is 0 Å². The Morgan fingerprint density at radius 3 is 2.19 bits per heavy atom. The van der Waals surface area contributed by atoms with Crippen molar-refractivity contribution in [3.8, 4) is 11.5 Å². The van der Waals surface area contributed by atoms with Gasteiger partial charge in [0.1, 0.15) is 5.56 Å². The van der Waals surface area contributed by atoms with Crippen molar-refractivity contribution in [1.82, 2.24) is 0 Å². The zero-order valence-electron chi connectivity index (χ0n) is 8.56. The van der Waals surface area contributed by atoms with Crippen molar-refractivity contribution in [2.45, 2.75) is 6.92 Å². The molecule has 2 aromatic carbocycles. The number of hydrogen-bond acceptors (Lipinski definition) is 3. The summed E-state index contributed by atoms with van der Waals surface area (Å²) >= 11 is 0. The van der Waals surface area contributed by atoms with Gasteiger partial charge in [-0.2, -0.15) is 0 Å². The van der Waals surface area contributed by atoms with E-state index >= 15 is 0 Å². The van der Waals surface area contributed by atoms with Gasteiger partial charge < -0.3 is 15.3 Å². The van der Waals surface area contributed by atoms with Crippen LogP contribution < -0.4 is 0 Å². The van der Waals surface area contributed by atoms with Gasteiger partial charge in [-0.05, 0) is 17.9 Å². The number of phenols is 2. The van der Waals surface area contributed by atoms with Gasteiger partial charge in [-0.1, -0.05) is 24.3 Å². The summed E-state index contributed by atoms with van der Waals surface area (Å²) in [4.78, 5) is 11.0. The number of fused-ring (bicyclic) bond motifs is 1. The van der Waals surface area contributed by atoms with E-state index in [1.807, 2.05) is 0 Å². The SMILES string of the molecule is Cc1c(C(=O)O)c(O)c(O)c2ccccc12. The van der Waals surface area contributed by atoms with E-state index in [9.17, 15) is 15.0 Å². The first kappa shape index (κ1) is 10.3. The van der Waals surface area contributed by atoms with Crippen LogP contribution in [0.3, 0.4) is 0 Å². The Kier molecular flexibility index (Phi) is 2.20. The monoisotopic (exact) mass is 218 g/mol. The predicted molar refractivity (Wildman–Crippen MR) is 59.0 cm³/mol. The molecule has 0 saturated heterocycles. The second-order valence-electron chi connectivity index (χ2n) is 3.55. The highest BCUT2D eigenvalue weighted by Crippen LogP contribution is 2.39. The van der Waals surface area contributed by atoms with Gasteiger partial charge in [0, 0.05) is 5.39 Å². The van der Waals surface area contributed by atoms with Gasteiger partial charge in [-0.3, -0.25) is 0 Å². The van der Waals surface area contributed by atoms with Crippen molar-refractivity contribution < 1.29 is 20.1 Å². The highest BCUT2D eigenvalue weighted by molar-refractivity contribution is 6.04. The van der Waals surface area contributed by atoms with Gasteiger partial charge in [0.05, 0.1) is 0 Å². The first-order valence-corrected chi connectivity index (χ1v) is 4.70. The number of aryl methyl sites for hydroxylation is 1. The number of phenolic OH excluding ortho intramolecular Hbond substituents is 1. The van der Waals surface area contributed by atoms with E-state index < -0.39 is 17.5 Å². The molecule has 4 heteroatoms. The minimum atomic E-state index is -1.25. The van der Waals surface area contributed by atoms with Crippen LogP contribution in [0.15, 0.2) is 24.3 Å². The molecule has 0 aliphatic carbocycles. The summed E-state index contributed by atoms with van der Waals surface area (Å²) in [5, 5.41) is 29.3. The normalized spacial score (nSPS) is 10.6. The smallest absolute Gasteiger partial charge is 0.339 e. The summed E-state index contributed by atoms with van der Waals surface area (Å²) < 4.78 is 0. The molecule has 0 aliphatic rings. The van der Waals surface area contributed by atoms with Crippen LogP contribution in [0, 0.1) is 6.92 Å². The van der Waals surface area contributed by atoms with E-state index in [0.29, 0.717) is 16.3 Å². The molecule has 0 spiro atoms. The zero-order valence-corrected chi connectivity index (χ0v) is 8.56. The summed E-state index contributed by atoms with van der Waals surface area (Å²) in [5.41, 5.74) is 0.189. The fourth-order valence-corrected chi connectivity index (χ4v) is 1.84. The van der Waals surface area contributed by atoms with Crippen LogP contribution >= 0.6 is 0 Å². The lowest BCUT2D eigenvalue weighted by Crippen LogP contribution is -2.01. The lowest BCUT2D eigenvalue weighted by atomic mass is 9.98. The Labute approximate surface area is 91.4 Å². The molecule has 3 N–H and O–H groups in total. The van der Waals surface area contributed by atoms with E-state index in [2.05, 4.69) is 0 Å². The molecule has 0 aromatic heterocycles. The molecular weight excluding hydrogens is 208 g/mol. The third-order valence-corrected chi connectivity index (χ3v) is 2.64. The van der Waals surface area contributed by atoms with Crippen LogP contribution in [-0.2, 0) is 0 Å². The molecule has 0 fully saturated rings. The molecule has 4 nitrogen and oxygen atoms in total. The van der Waals surface area contributed by atoms with Gasteiger partial charge >= 0.3 is 5.97 Å². The average molecular weight is 218 g/mol. The summed E-state index contributed by atoms with van der Waals surface area (Å²) in [7, 11) is 0. The summed E-state index contributed by atoms with van der Waals surface area (Å²) in [6.07, 6.45) is 0. The summed E-state index contributed by atoms with van der Waals surface area (Å²) in [5.74, 6) is -2.22. The van der Waals surface area contributed by atoms with Crippen molar-refractivity contribution in [1.29, 1.82) is 0 Å². The topological polar surface area (TPSA) is 77.8 Å². The Bertz CT molecular complexity index is 587. The van der Waals surface area contributed by atoms with Crippen molar-refractivity contribution in [2.75, 3.05) is 0 Å². The second kappa shape index (κ2) is 3.41. The molecule has 0 heterocycles. The minimum absolute atomic E-state index is 0.254. The zero-order chi connectivity index (χ0) is 11.9. The lowest BCUT2D eigenvalue weighted by Gasteiger charge is -2.10. The average Bonchev–Trinajstić information content (AvgIpc) is 2.26. The van der Waals surface area contributed by atoms with Gasteiger partial charge in [0.15, 0.2) is 11.5 Å². The standard InChI is InChI=1S/C12H10O4/c1-6-7-4-2-3-5-8(7)10(13)11(14)9(6)12(15)16/h2-5,13-14H,1H3,(H,15,16). The van der Waals surface area contributed by atoms with E-state index in [1.165, 1.54) is 0 Å². The van der Waals surface area contributed by atoms with E-state index in [0.717, 1.165) is 0 Å². The highest BCUT2D eigenvalue weighted by Gasteiger charge is 2.20. The van der Waals surface area contributed by atoms with Crippen LogP contribution in [0.25, 0.3) is 10.8 Å². The maximum Gasteiger partial charge on any atom is 0.339 e. The van der Waals surface area contributed by atoms with Crippen molar-refractivity contribution in [3.63, 3.8) is 0 Å². The summed E-state index contributed by atoms with van der Waals surface area (Å²) in [6, 6.07) is 6.79. The van der Waals surface area contributed by atoms with Crippen LogP contribution in [0.2, 0.25) is 0 Å². The van der Waals surface area contributed by atoms with Crippen LogP contribution in [0.5, 0.6) is 11.5 Å². The van der Waals surface area contributed by atoms with Crippen molar-refractivity contribution >= 4 is 16.7 Å². The maximum atomic E-state index is 11.0. The highest BCUT2D eigenvalue weighted by atomic mass is 16.4. The quantitative estimate of drug-likeness (QED) is 0.641. The van der Waals surface area contributed by atoms with Crippen molar-refractivity contribution in [3.05, 3.63) is 35.4 Å². The molecule has 16 heavy (non-hydrogen) atoms. The number of hydrogen-bond donors (Lipinski definition) is 3. The second-order valence-corrected chi connectivity index (χ2v) is 3.55. The molecule has 0 aliphatic heterocycles. The number of rotatable bonds is 1. The van der Waals surface area contributed by atoms with Crippen LogP contribution in [-0.4, -0.2) is 21.3 Å². The number of aromatic carboxylic acids is 1. The predicted octanol–water partition coefficient (Wildman–Crippen LogP) is 2.26. The van der Waals surface area contributed by atoms with E-state index in [4.69, 9.17) is 5.11 Å². The molecular formula is C12H10O4.